The molecule has 0 fully saturated rings. The van der Waals surface area contributed by atoms with Crippen LogP contribution < -0.4 is 0 Å². The topological polar surface area (TPSA) is 29.5 Å². The van der Waals surface area contributed by atoms with E-state index < -0.39 is 9.04 Å². The second kappa shape index (κ2) is 6.50. The fourth-order valence-electron chi connectivity index (χ4n) is 2.00. The molecule has 0 spiro atoms. The van der Waals surface area contributed by atoms with Crippen LogP contribution in [0.5, 0.6) is 0 Å². The van der Waals surface area contributed by atoms with Gasteiger partial charge in [-0.15, -0.1) is 0 Å². The van der Waals surface area contributed by atoms with Gasteiger partial charge < -0.3 is 9.53 Å². The summed E-state index contributed by atoms with van der Waals surface area (Å²) in [5.41, 5.74) is 2.34. The second-order valence-electron chi connectivity index (χ2n) is 6.17. The molecule has 1 unspecified atom stereocenters. The van der Waals surface area contributed by atoms with Crippen molar-refractivity contribution in [1.29, 1.82) is 0 Å². The van der Waals surface area contributed by atoms with Crippen molar-refractivity contribution in [2.75, 3.05) is 0 Å². The molecule has 0 bridgehead atoms. The number of hydrogen-bond donors (Lipinski definition) is 1. The molecule has 18 heavy (non-hydrogen) atoms. The lowest BCUT2D eigenvalue weighted by molar-refractivity contribution is 0.0862. The molecule has 0 aliphatic heterocycles. The molecule has 1 aromatic rings. The van der Waals surface area contributed by atoms with Gasteiger partial charge in [0.15, 0.2) is 9.04 Å². The van der Waals surface area contributed by atoms with Crippen molar-refractivity contribution >= 4 is 9.04 Å². The first-order valence-corrected chi connectivity index (χ1v) is 9.45. The smallest absolute Gasteiger partial charge is 0.171 e. The summed E-state index contributed by atoms with van der Waals surface area (Å²) in [6.07, 6.45) is 1.10. The Morgan fingerprint density at radius 1 is 1.17 bits per heavy atom. The van der Waals surface area contributed by atoms with Crippen LogP contribution in [0.15, 0.2) is 24.3 Å². The van der Waals surface area contributed by atoms with Gasteiger partial charge in [0, 0.05) is 0 Å². The minimum atomic E-state index is -1.06. The number of rotatable bonds is 5. The van der Waals surface area contributed by atoms with E-state index in [0.29, 0.717) is 0 Å². The molecule has 0 aliphatic carbocycles. The number of aliphatic hydroxyl groups excluding tert-OH is 1. The minimum absolute atomic E-state index is 0.103. The van der Waals surface area contributed by atoms with Crippen LogP contribution in [-0.2, 0) is 17.5 Å². The molecule has 3 heteroatoms. The van der Waals surface area contributed by atoms with Gasteiger partial charge in [0.05, 0.1) is 12.7 Å². The number of benzene rings is 1. The SMILES string of the molecule is C[SiH](C)OC(Cc1ccccc1CO)C(C)(C)C. The minimum Gasteiger partial charge on any atom is -0.417 e. The van der Waals surface area contributed by atoms with E-state index in [2.05, 4.69) is 39.9 Å². The molecule has 0 saturated heterocycles. The Balaban J connectivity index is 2.89. The number of hydrogen-bond acceptors (Lipinski definition) is 2. The summed E-state index contributed by atoms with van der Waals surface area (Å²) in [7, 11) is -1.06. The largest absolute Gasteiger partial charge is 0.417 e. The Bertz CT molecular complexity index is 369. The van der Waals surface area contributed by atoms with Crippen LogP contribution in [0.3, 0.4) is 0 Å². The molecule has 0 saturated carbocycles. The van der Waals surface area contributed by atoms with E-state index in [4.69, 9.17) is 4.43 Å². The predicted molar refractivity (Wildman–Crippen MR) is 79.3 cm³/mol. The summed E-state index contributed by atoms with van der Waals surface area (Å²) in [4.78, 5) is 0. The second-order valence-corrected chi connectivity index (χ2v) is 8.54. The molecule has 0 aliphatic rings. The normalized spacial score (nSPS) is 13.9. The van der Waals surface area contributed by atoms with E-state index in [1.54, 1.807) is 0 Å². The summed E-state index contributed by atoms with van der Waals surface area (Å²) in [6.45, 7) is 11.2. The molecule has 0 heterocycles. The maximum atomic E-state index is 9.38. The van der Waals surface area contributed by atoms with E-state index in [0.717, 1.165) is 12.0 Å². The molecular formula is C15H26O2Si. The van der Waals surface area contributed by atoms with E-state index in [1.807, 2.05) is 18.2 Å². The van der Waals surface area contributed by atoms with Crippen LogP contribution in [0, 0.1) is 5.41 Å². The fraction of sp³-hybridized carbons (Fsp3) is 0.600. The highest BCUT2D eigenvalue weighted by Crippen LogP contribution is 2.27. The average Bonchev–Trinajstić information content (AvgIpc) is 2.27. The van der Waals surface area contributed by atoms with Crippen LogP contribution in [0.4, 0.5) is 0 Å². The molecule has 0 radical (unpaired) electrons. The van der Waals surface area contributed by atoms with Gasteiger partial charge in [-0.25, -0.2) is 0 Å². The highest BCUT2D eigenvalue weighted by atomic mass is 28.3. The van der Waals surface area contributed by atoms with Crippen LogP contribution in [0.25, 0.3) is 0 Å². The van der Waals surface area contributed by atoms with Gasteiger partial charge in [-0.1, -0.05) is 45.0 Å². The summed E-state index contributed by atoms with van der Waals surface area (Å²) >= 11 is 0. The van der Waals surface area contributed by atoms with Gasteiger partial charge in [-0.05, 0) is 36.1 Å². The maximum absolute atomic E-state index is 9.38. The zero-order valence-electron chi connectivity index (χ0n) is 12.2. The lowest BCUT2D eigenvalue weighted by atomic mass is 9.84. The van der Waals surface area contributed by atoms with Gasteiger partial charge >= 0.3 is 0 Å². The maximum Gasteiger partial charge on any atom is 0.171 e. The first-order valence-electron chi connectivity index (χ1n) is 6.67. The molecule has 1 rings (SSSR count). The Kier molecular flexibility index (Phi) is 5.57. The Morgan fingerprint density at radius 3 is 2.17 bits per heavy atom. The lowest BCUT2D eigenvalue weighted by Gasteiger charge is -2.33. The van der Waals surface area contributed by atoms with E-state index >= 15 is 0 Å². The van der Waals surface area contributed by atoms with Gasteiger partial charge in [-0.3, -0.25) is 0 Å². The van der Waals surface area contributed by atoms with Crippen molar-refractivity contribution in [1.82, 2.24) is 0 Å². The Morgan fingerprint density at radius 2 is 1.72 bits per heavy atom. The van der Waals surface area contributed by atoms with Gasteiger partial charge in [-0.2, -0.15) is 0 Å². The molecule has 0 amide bonds. The zero-order valence-corrected chi connectivity index (χ0v) is 13.4. The van der Waals surface area contributed by atoms with Crippen LogP contribution >= 0.6 is 0 Å². The average molecular weight is 266 g/mol. The molecule has 0 aromatic heterocycles. The van der Waals surface area contributed by atoms with Gasteiger partial charge in [0.25, 0.3) is 0 Å². The van der Waals surface area contributed by atoms with Crippen molar-refractivity contribution < 1.29 is 9.53 Å². The zero-order chi connectivity index (χ0) is 13.8. The van der Waals surface area contributed by atoms with Crippen molar-refractivity contribution in [3.8, 4) is 0 Å². The van der Waals surface area contributed by atoms with Gasteiger partial charge in [0.2, 0.25) is 0 Å². The first-order chi connectivity index (χ1) is 8.34. The quantitative estimate of drug-likeness (QED) is 0.830. The monoisotopic (exact) mass is 266 g/mol. The summed E-state index contributed by atoms with van der Waals surface area (Å²) in [5, 5.41) is 9.38. The Hall–Kier alpha value is -0.643. The molecule has 1 aromatic carbocycles. The van der Waals surface area contributed by atoms with E-state index in [-0.39, 0.29) is 18.1 Å². The molecule has 102 valence electrons. The van der Waals surface area contributed by atoms with Crippen LogP contribution in [0.1, 0.15) is 31.9 Å². The van der Waals surface area contributed by atoms with Crippen LogP contribution in [-0.4, -0.2) is 20.3 Å². The third-order valence-electron chi connectivity index (χ3n) is 3.10. The van der Waals surface area contributed by atoms with Gasteiger partial charge in [0.1, 0.15) is 0 Å². The molecule has 2 nitrogen and oxygen atoms in total. The molecular weight excluding hydrogens is 240 g/mol. The first kappa shape index (κ1) is 15.4. The standard InChI is InChI=1S/C15H26O2Si/c1-15(2,3)14(17-18(4)5)10-12-8-6-7-9-13(12)11-16/h6-9,14,16,18H,10-11H2,1-5H3. The van der Waals surface area contributed by atoms with E-state index in [9.17, 15) is 5.11 Å². The van der Waals surface area contributed by atoms with Crippen molar-refractivity contribution in [3.63, 3.8) is 0 Å². The lowest BCUT2D eigenvalue weighted by Crippen LogP contribution is -2.35. The van der Waals surface area contributed by atoms with Crippen molar-refractivity contribution in [2.24, 2.45) is 5.41 Å². The summed E-state index contributed by atoms with van der Waals surface area (Å²) < 4.78 is 6.18. The number of aliphatic hydroxyl groups is 1. The van der Waals surface area contributed by atoms with Crippen LogP contribution in [0.2, 0.25) is 13.1 Å². The van der Waals surface area contributed by atoms with Crippen molar-refractivity contribution in [3.05, 3.63) is 35.4 Å². The molecule has 1 atom stereocenters. The highest BCUT2D eigenvalue weighted by Gasteiger charge is 2.27. The third kappa shape index (κ3) is 4.56. The summed E-state index contributed by atoms with van der Waals surface area (Å²) in [6, 6.07) is 8.08. The van der Waals surface area contributed by atoms with E-state index in [1.165, 1.54) is 5.56 Å². The molecule has 1 N–H and O–H groups in total. The van der Waals surface area contributed by atoms with Crippen molar-refractivity contribution in [2.45, 2.75) is 53.0 Å². The summed E-state index contributed by atoms with van der Waals surface area (Å²) in [5.74, 6) is 0. The Labute approximate surface area is 113 Å². The highest BCUT2D eigenvalue weighted by molar-refractivity contribution is 6.48. The predicted octanol–water partition coefficient (Wildman–Crippen LogP) is 3.14. The third-order valence-corrected chi connectivity index (χ3v) is 3.97. The fourth-order valence-corrected chi connectivity index (χ4v) is 3.16.